The highest BCUT2D eigenvalue weighted by atomic mass is 32.2. The first-order chi connectivity index (χ1) is 11.5. The molecule has 2 saturated heterocycles. The van der Waals surface area contributed by atoms with Crippen LogP contribution in [0.25, 0.3) is 0 Å². The van der Waals surface area contributed by atoms with Gasteiger partial charge in [0.1, 0.15) is 0 Å². The molecule has 0 saturated carbocycles. The summed E-state index contributed by atoms with van der Waals surface area (Å²) in [4.78, 5) is 14.6. The van der Waals surface area contributed by atoms with Gasteiger partial charge in [-0.3, -0.25) is 4.79 Å². The van der Waals surface area contributed by atoms with Crippen molar-refractivity contribution in [1.29, 1.82) is 0 Å². The molecule has 2 heterocycles. The van der Waals surface area contributed by atoms with Gasteiger partial charge in [-0.1, -0.05) is 6.07 Å². The highest BCUT2D eigenvalue weighted by molar-refractivity contribution is 7.99. The van der Waals surface area contributed by atoms with Crippen molar-refractivity contribution in [2.75, 3.05) is 44.8 Å². The number of benzene rings is 1. The van der Waals surface area contributed by atoms with Gasteiger partial charge >= 0.3 is 0 Å². The van der Waals surface area contributed by atoms with Crippen molar-refractivity contribution < 1.29 is 17.9 Å². The Bertz CT molecular complexity index is 702. The first kappa shape index (κ1) is 17.7. The van der Waals surface area contributed by atoms with Crippen LogP contribution in [-0.2, 0) is 14.8 Å². The lowest BCUT2D eigenvalue weighted by Crippen LogP contribution is -2.38. The molecule has 0 aliphatic carbocycles. The summed E-state index contributed by atoms with van der Waals surface area (Å²) >= 11 is 1.83. The Morgan fingerprint density at radius 3 is 2.67 bits per heavy atom. The number of rotatable bonds is 4. The summed E-state index contributed by atoms with van der Waals surface area (Å²) in [5, 5.41) is 0. The minimum atomic E-state index is -3.59. The first-order valence-corrected chi connectivity index (χ1v) is 10.6. The standard InChI is InChI=1S/C16H22N2O4S2/c1-22-14-5-6-18(12-14)24(20,21)15-4-2-3-13(11-15)16(19)17-7-9-23-10-8-17/h2-4,11,14H,5-10,12H2,1H3/t14-/m1/s1. The average molecular weight is 370 g/mol. The molecule has 2 fully saturated rings. The summed E-state index contributed by atoms with van der Waals surface area (Å²) in [5.41, 5.74) is 0.436. The van der Waals surface area contributed by atoms with Crippen LogP contribution in [0.2, 0.25) is 0 Å². The molecule has 1 aromatic rings. The van der Waals surface area contributed by atoms with E-state index in [-0.39, 0.29) is 16.9 Å². The Morgan fingerprint density at radius 2 is 2.00 bits per heavy atom. The quantitative estimate of drug-likeness (QED) is 0.799. The molecule has 0 spiro atoms. The Balaban J connectivity index is 1.80. The number of sulfonamides is 1. The fraction of sp³-hybridized carbons (Fsp3) is 0.562. The van der Waals surface area contributed by atoms with E-state index in [1.807, 2.05) is 11.8 Å². The summed E-state index contributed by atoms with van der Waals surface area (Å²) in [6, 6.07) is 6.38. The third kappa shape index (κ3) is 3.61. The van der Waals surface area contributed by atoms with Crippen LogP contribution < -0.4 is 0 Å². The monoisotopic (exact) mass is 370 g/mol. The second-order valence-corrected chi connectivity index (χ2v) is 9.10. The highest BCUT2D eigenvalue weighted by Gasteiger charge is 2.33. The zero-order chi connectivity index (χ0) is 17.2. The molecule has 0 unspecified atom stereocenters. The summed E-state index contributed by atoms with van der Waals surface area (Å²) in [5.74, 6) is 1.76. The summed E-state index contributed by atoms with van der Waals surface area (Å²) in [6.07, 6.45) is 0.634. The van der Waals surface area contributed by atoms with Crippen molar-refractivity contribution in [1.82, 2.24) is 9.21 Å². The highest BCUT2D eigenvalue weighted by Crippen LogP contribution is 2.23. The zero-order valence-electron chi connectivity index (χ0n) is 13.7. The van der Waals surface area contributed by atoms with Crippen LogP contribution in [0.15, 0.2) is 29.2 Å². The predicted molar refractivity (Wildman–Crippen MR) is 93.8 cm³/mol. The molecule has 0 aromatic heterocycles. The van der Waals surface area contributed by atoms with Gasteiger partial charge in [0.2, 0.25) is 10.0 Å². The number of carbonyl (C=O) groups is 1. The molecule has 2 aliphatic heterocycles. The van der Waals surface area contributed by atoms with Crippen molar-refractivity contribution in [3.05, 3.63) is 29.8 Å². The maximum Gasteiger partial charge on any atom is 0.253 e. The molecule has 24 heavy (non-hydrogen) atoms. The molecule has 1 aromatic carbocycles. The molecule has 1 amide bonds. The van der Waals surface area contributed by atoms with E-state index in [2.05, 4.69) is 0 Å². The fourth-order valence-corrected chi connectivity index (χ4v) is 5.43. The maximum atomic E-state index is 12.8. The molecule has 0 bridgehead atoms. The van der Waals surface area contributed by atoms with E-state index in [1.165, 1.54) is 10.4 Å². The molecule has 8 heteroatoms. The molecular weight excluding hydrogens is 348 g/mol. The minimum Gasteiger partial charge on any atom is -0.380 e. The van der Waals surface area contributed by atoms with Crippen LogP contribution in [0.5, 0.6) is 0 Å². The number of hydrogen-bond donors (Lipinski definition) is 0. The number of thioether (sulfide) groups is 1. The first-order valence-electron chi connectivity index (χ1n) is 8.02. The van der Waals surface area contributed by atoms with Crippen LogP contribution in [0.4, 0.5) is 0 Å². The molecule has 132 valence electrons. The zero-order valence-corrected chi connectivity index (χ0v) is 15.3. The number of nitrogens with zero attached hydrogens (tertiary/aromatic N) is 2. The SMILES string of the molecule is CO[C@@H]1CCN(S(=O)(=O)c2cccc(C(=O)N3CCSCC3)c2)C1. The van der Waals surface area contributed by atoms with Gasteiger partial charge in [0, 0.05) is 50.4 Å². The van der Waals surface area contributed by atoms with Gasteiger partial charge in [0.05, 0.1) is 11.0 Å². The lowest BCUT2D eigenvalue weighted by atomic mass is 10.2. The predicted octanol–water partition coefficient (Wildman–Crippen LogP) is 1.29. The van der Waals surface area contributed by atoms with Gasteiger partial charge in [-0.05, 0) is 24.6 Å². The van der Waals surface area contributed by atoms with Gasteiger partial charge < -0.3 is 9.64 Å². The van der Waals surface area contributed by atoms with E-state index in [9.17, 15) is 13.2 Å². The molecule has 0 N–H and O–H groups in total. The smallest absolute Gasteiger partial charge is 0.253 e. The molecule has 6 nitrogen and oxygen atoms in total. The van der Waals surface area contributed by atoms with Crippen molar-refractivity contribution in [3.8, 4) is 0 Å². The lowest BCUT2D eigenvalue weighted by Gasteiger charge is -2.26. The Hall–Kier alpha value is -1.09. The molecule has 2 aliphatic rings. The maximum absolute atomic E-state index is 12.8. The largest absolute Gasteiger partial charge is 0.380 e. The number of hydrogen-bond acceptors (Lipinski definition) is 5. The Morgan fingerprint density at radius 1 is 1.25 bits per heavy atom. The van der Waals surface area contributed by atoms with Crippen LogP contribution >= 0.6 is 11.8 Å². The molecule has 0 radical (unpaired) electrons. The van der Waals surface area contributed by atoms with Gasteiger partial charge in [-0.15, -0.1) is 0 Å². The average Bonchev–Trinajstić information content (AvgIpc) is 3.12. The van der Waals surface area contributed by atoms with Crippen molar-refractivity contribution in [2.24, 2.45) is 0 Å². The number of carbonyl (C=O) groups excluding carboxylic acids is 1. The normalized spacial score (nSPS) is 22.7. The fourth-order valence-electron chi connectivity index (χ4n) is 3.00. The van der Waals surface area contributed by atoms with Gasteiger partial charge in [-0.2, -0.15) is 16.1 Å². The third-order valence-corrected chi connectivity index (χ3v) is 7.26. The summed E-state index contributed by atoms with van der Waals surface area (Å²) in [6.45, 7) is 2.23. The molecule has 3 rings (SSSR count). The van der Waals surface area contributed by atoms with Gasteiger partial charge in [0.15, 0.2) is 0 Å². The van der Waals surface area contributed by atoms with Crippen LogP contribution in [0.3, 0.4) is 0 Å². The second-order valence-electron chi connectivity index (χ2n) is 5.94. The Labute approximate surface area is 147 Å². The lowest BCUT2D eigenvalue weighted by molar-refractivity contribution is 0.0772. The van der Waals surface area contributed by atoms with Gasteiger partial charge in [0.25, 0.3) is 5.91 Å². The van der Waals surface area contributed by atoms with Crippen molar-refractivity contribution in [2.45, 2.75) is 17.4 Å². The topological polar surface area (TPSA) is 66.9 Å². The van der Waals surface area contributed by atoms with E-state index in [0.717, 1.165) is 11.5 Å². The number of ether oxygens (including phenoxy) is 1. The third-order valence-electron chi connectivity index (χ3n) is 4.46. The number of methoxy groups -OCH3 is 1. The van der Waals surface area contributed by atoms with E-state index >= 15 is 0 Å². The van der Waals surface area contributed by atoms with E-state index < -0.39 is 10.0 Å². The van der Waals surface area contributed by atoms with E-state index in [1.54, 1.807) is 30.2 Å². The molecular formula is C16H22N2O4S2. The van der Waals surface area contributed by atoms with Crippen LogP contribution in [0, 0.1) is 0 Å². The van der Waals surface area contributed by atoms with E-state index in [0.29, 0.717) is 38.2 Å². The van der Waals surface area contributed by atoms with Crippen LogP contribution in [0.1, 0.15) is 16.8 Å². The van der Waals surface area contributed by atoms with Gasteiger partial charge in [-0.25, -0.2) is 8.42 Å². The Kier molecular flexibility index (Phi) is 5.49. The summed E-state index contributed by atoms with van der Waals surface area (Å²) in [7, 11) is -2.00. The van der Waals surface area contributed by atoms with Crippen molar-refractivity contribution in [3.63, 3.8) is 0 Å². The molecule has 1 atom stereocenters. The second kappa shape index (κ2) is 7.43. The van der Waals surface area contributed by atoms with Crippen LogP contribution in [-0.4, -0.2) is 74.4 Å². The van der Waals surface area contributed by atoms with Crippen molar-refractivity contribution >= 4 is 27.7 Å². The number of amides is 1. The summed E-state index contributed by atoms with van der Waals surface area (Å²) < 4.78 is 32.3. The minimum absolute atomic E-state index is 0.0598. The van der Waals surface area contributed by atoms with E-state index in [4.69, 9.17) is 4.74 Å².